The van der Waals surface area contributed by atoms with Crippen LogP contribution in [-0.2, 0) is 39.9 Å². The van der Waals surface area contributed by atoms with Gasteiger partial charge in [0.25, 0.3) is 11.8 Å². The molecular weight excluding hydrogens is 530 g/mol. The van der Waals surface area contributed by atoms with E-state index in [2.05, 4.69) is 16.0 Å². The van der Waals surface area contributed by atoms with Gasteiger partial charge in [0.15, 0.2) is 6.10 Å². The van der Waals surface area contributed by atoms with Crippen molar-refractivity contribution in [3.63, 3.8) is 0 Å². The first-order valence-corrected chi connectivity index (χ1v) is 14.3. The molecule has 0 unspecified atom stereocenters. The normalized spacial score (nSPS) is 28.4. The molecule has 3 fully saturated rings. The molecule has 3 N–H and O–H groups in total. The molecule has 1 aromatic rings. The molecule has 0 radical (unpaired) electrons. The third-order valence-electron chi connectivity index (χ3n) is 7.49. The number of rotatable bonds is 5. The minimum atomic E-state index is -1.07. The van der Waals surface area contributed by atoms with Gasteiger partial charge in [0.1, 0.15) is 18.2 Å². The smallest absolute Gasteiger partial charge is 0.251 e. The van der Waals surface area contributed by atoms with Crippen LogP contribution in [-0.4, -0.2) is 110 Å². The first-order valence-electron chi connectivity index (χ1n) is 14.3. The van der Waals surface area contributed by atoms with Crippen molar-refractivity contribution in [3.05, 3.63) is 35.9 Å². The van der Waals surface area contributed by atoms with Crippen LogP contribution in [0.15, 0.2) is 30.3 Å². The molecule has 0 aliphatic carbocycles. The van der Waals surface area contributed by atoms with Crippen molar-refractivity contribution in [2.45, 2.75) is 69.9 Å². The van der Waals surface area contributed by atoms with Crippen molar-refractivity contribution >= 4 is 29.5 Å². The summed E-state index contributed by atoms with van der Waals surface area (Å²) in [5, 5.41) is 8.40. The lowest BCUT2D eigenvalue weighted by Crippen LogP contribution is -2.60. The highest BCUT2D eigenvalue weighted by Crippen LogP contribution is 2.20. The van der Waals surface area contributed by atoms with E-state index in [1.54, 1.807) is 4.90 Å². The molecule has 3 saturated heterocycles. The molecule has 2 bridgehead atoms. The molecule has 0 aromatic heterocycles. The Morgan fingerprint density at radius 2 is 1.78 bits per heavy atom. The molecule has 3 aliphatic rings. The third-order valence-corrected chi connectivity index (χ3v) is 7.49. The third kappa shape index (κ3) is 8.26. The maximum Gasteiger partial charge on any atom is 0.251 e. The summed E-state index contributed by atoms with van der Waals surface area (Å²) in [6.45, 7) is 4.30. The highest BCUT2D eigenvalue weighted by Gasteiger charge is 2.40. The molecule has 224 valence electrons. The van der Waals surface area contributed by atoms with Crippen LogP contribution < -0.4 is 16.0 Å². The van der Waals surface area contributed by atoms with Gasteiger partial charge < -0.3 is 35.2 Å². The van der Waals surface area contributed by atoms with Gasteiger partial charge in [-0.05, 0) is 30.7 Å². The Morgan fingerprint density at radius 1 is 1.02 bits per heavy atom. The fourth-order valence-corrected chi connectivity index (χ4v) is 5.41. The first-order chi connectivity index (χ1) is 19.6. The SMILES string of the molecule is CC(C)C[C@@H]1NC(=O)CN(C)C(=O)[C@@H](Cc2ccccc2)NC(=O)[C@H]2CN(C(=O)[C@H]3CCCO3)C[C@@H](CNC1=O)O2. The average Bonchev–Trinajstić information content (AvgIpc) is 3.49. The summed E-state index contributed by atoms with van der Waals surface area (Å²) in [4.78, 5) is 69.2. The van der Waals surface area contributed by atoms with Crippen LogP contribution in [0.1, 0.15) is 38.7 Å². The number of nitrogens with zero attached hydrogens (tertiary/aromatic N) is 2. The van der Waals surface area contributed by atoms with Gasteiger partial charge in [-0.15, -0.1) is 0 Å². The lowest BCUT2D eigenvalue weighted by atomic mass is 10.0. The van der Waals surface area contributed by atoms with E-state index >= 15 is 0 Å². The number of ether oxygens (including phenoxy) is 2. The van der Waals surface area contributed by atoms with E-state index in [-0.39, 0.29) is 44.4 Å². The fourth-order valence-electron chi connectivity index (χ4n) is 5.41. The van der Waals surface area contributed by atoms with Crippen LogP contribution in [0.5, 0.6) is 0 Å². The summed E-state index contributed by atoms with van der Waals surface area (Å²) < 4.78 is 11.7. The highest BCUT2D eigenvalue weighted by atomic mass is 16.5. The molecule has 3 heterocycles. The predicted molar refractivity (Wildman–Crippen MR) is 148 cm³/mol. The Morgan fingerprint density at radius 3 is 2.46 bits per heavy atom. The van der Waals surface area contributed by atoms with Gasteiger partial charge in [0.2, 0.25) is 17.7 Å². The van der Waals surface area contributed by atoms with E-state index < -0.39 is 54.0 Å². The van der Waals surface area contributed by atoms with Crippen molar-refractivity contribution in [3.8, 4) is 0 Å². The van der Waals surface area contributed by atoms with Crippen LogP contribution in [0.2, 0.25) is 0 Å². The Labute approximate surface area is 240 Å². The predicted octanol–water partition coefficient (Wildman–Crippen LogP) is -0.392. The van der Waals surface area contributed by atoms with Crippen LogP contribution in [0.25, 0.3) is 0 Å². The highest BCUT2D eigenvalue weighted by molar-refractivity contribution is 5.93. The number of nitrogens with one attached hydrogen (secondary N) is 3. The number of hydrogen-bond donors (Lipinski definition) is 3. The molecule has 0 saturated carbocycles. The van der Waals surface area contributed by atoms with Crippen molar-refractivity contribution in [1.29, 1.82) is 0 Å². The summed E-state index contributed by atoms with van der Waals surface area (Å²) in [7, 11) is 1.48. The molecule has 5 amide bonds. The zero-order valence-corrected chi connectivity index (χ0v) is 24.0. The lowest BCUT2D eigenvalue weighted by Gasteiger charge is -2.39. The number of amides is 5. The first kappa shape index (κ1) is 30.4. The van der Waals surface area contributed by atoms with Crippen molar-refractivity contribution in [2.24, 2.45) is 5.92 Å². The second kappa shape index (κ2) is 13.9. The minimum Gasteiger partial charge on any atom is -0.368 e. The Bertz CT molecular complexity index is 1110. The van der Waals surface area contributed by atoms with Crippen LogP contribution in [0.3, 0.4) is 0 Å². The maximum atomic E-state index is 13.6. The molecular formula is C29H41N5O7. The number of hydrogen-bond acceptors (Lipinski definition) is 7. The monoisotopic (exact) mass is 571 g/mol. The fraction of sp³-hybridized carbons (Fsp3) is 0.621. The van der Waals surface area contributed by atoms with Gasteiger partial charge in [-0.25, -0.2) is 0 Å². The lowest BCUT2D eigenvalue weighted by molar-refractivity contribution is -0.162. The number of carbonyl (C=O) groups is 5. The largest absolute Gasteiger partial charge is 0.368 e. The molecule has 12 nitrogen and oxygen atoms in total. The van der Waals surface area contributed by atoms with Gasteiger partial charge >= 0.3 is 0 Å². The molecule has 1 aromatic carbocycles. The van der Waals surface area contributed by atoms with E-state index in [4.69, 9.17) is 9.47 Å². The van der Waals surface area contributed by atoms with E-state index in [0.29, 0.717) is 19.4 Å². The summed E-state index contributed by atoms with van der Waals surface area (Å²) in [6.07, 6.45) is -0.349. The molecule has 3 aliphatic heterocycles. The van der Waals surface area contributed by atoms with Crippen LogP contribution in [0, 0.1) is 5.92 Å². The summed E-state index contributed by atoms with van der Waals surface area (Å²) in [6, 6.07) is 7.44. The van der Waals surface area contributed by atoms with Crippen LogP contribution >= 0.6 is 0 Å². The number of benzene rings is 1. The molecule has 0 spiro atoms. The van der Waals surface area contributed by atoms with Gasteiger partial charge in [0, 0.05) is 33.2 Å². The standard InChI is InChI=1S/C29H41N5O7/c1-18(2)12-21-26(36)30-14-20-15-34(29(39)23-10-7-11-40-23)16-24(41-20)27(37)32-22(13-19-8-5-4-6-9-19)28(38)33(3)17-25(35)31-21/h4-6,8-9,18,20-24H,7,10-17H2,1-3H3,(H,30,36)(H,31,35)(H,32,37)/t20-,21+,22-,23-,24-/m1/s1. The zero-order chi connectivity index (χ0) is 29.5. The second-order valence-electron chi connectivity index (χ2n) is 11.4. The molecule has 12 heteroatoms. The maximum absolute atomic E-state index is 13.6. The van der Waals surface area contributed by atoms with Gasteiger partial charge in [-0.1, -0.05) is 44.2 Å². The van der Waals surface area contributed by atoms with Crippen molar-refractivity contribution in [1.82, 2.24) is 25.8 Å². The Balaban J connectivity index is 1.62. The van der Waals surface area contributed by atoms with Gasteiger partial charge in [-0.3, -0.25) is 24.0 Å². The second-order valence-corrected chi connectivity index (χ2v) is 11.4. The van der Waals surface area contributed by atoms with Gasteiger partial charge in [-0.2, -0.15) is 0 Å². The van der Waals surface area contributed by atoms with E-state index in [1.807, 2.05) is 44.2 Å². The van der Waals surface area contributed by atoms with E-state index in [0.717, 1.165) is 12.0 Å². The van der Waals surface area contributed by atoms with Crippen molar-refractivity contribution in [2.75, 3.05) is 39.8 Å². The number of likely N-dealkylation sites (N-methyl/N-ethyl adjacent to an activating group) is 1. The van der Waals surface area contributed by atoms with E-state index in [9.17, 15) is 24.0 Å². The number of fused-ring (bicyclic) bond motifs is 2. The number of morpholine rings is 1. The van der Waals surface area contributed by atoms with Crippen molar-refractivity contribution < 1.29 is 33.4 Å². The molecule has 5 atom stereocenters. The number of carbonyl (C=O) groups excluding carboxylic acids is 5. The van der Waals surface area contributed by atoms with Crippen LogP contribution in [0.4, 0.5) is 0 Å². The molecule has 41 heavy (non-hydrogen) atoms. The Kier molecular flexibility index (Phi) is 10.3. The summed E-state index contributed by atoms with van der Waals surface area (Å²) in [5.41, 5.74) is 0.825. The average molecular weight is 572 g/mol. The Hall–Kier alpha value is -3.51. The topological polar surface area (TPSA) is 146 Å². The molecule has 4 rings (SSSR count). The summed E-state index contributed by atoms with van der Waals surface area (Å²) in [5.74, 6) is -2.00. The summed E-state index contributed by atoms with van der Waals surface area (Å²) >= 11 is 0. The quantitative estimate of drug-likeness (QED) is 0.436. The van der Waals surface area contributed by atoms with E-state index in [1.165, 1.54) is 11.9 Å². The zero-order valence-electron chi connectivity index (χ0n) is 24.0. The van der Waals surface area contributed by atoms with Gasteiger partial charge in [0.05, 0.1) is 19.2 Å². The minimum absolute atomic E-state index is 0.00687.